The second-order valence-electron chi connectivity index (χ2n) is 3.31. The third-order valence-corrected chi connectivity index (χ3v) is 5.34. The predicted molar refractivity (Wildman–Crippen MR) is 38.3 cm³/mol. The van der Waals surface area contributed by atoms with Crippen LogP contribution in [-0.2, 0) is 0 Å². The van der Waals surface area contributed by atoms with Gasteiger partial charge in [0.1, 0.15) is 0 Å². The Morgan fingerprint density at radius 1 is 1.43 bits per heavy atom. The van der Waals surface area contributed by atoms with Crippen molar-refractivity contribution in [3.05, 3.63) is 0 Å². The molecule has 0 heterocycles. The van der Waals surface area contributed by atoms with Crippen LogP contribution in [0.2, 0.25) is 19.1 Å². The van der Waals surface area contributed by atoms with Crippen LogP contribution in [0.15, 0.2) is 0 Å². The van der Waals surface area contributed by atoms with Crippen molar-refractivity contribution in [1.82, 2.24) is 0 Å². The Hall–Kier alpha value is 1.85. The van der Waals surface area contributed by atoms with E-state index in [1.165, 1.54) is 6.42 Å². The van der Waals surface area contributed by atoms with Crippen molar-refractivity contribution in [3.8, 4) is 0 Å². The number of hydrogen-bond acceptors (Lipinski definition) is 0. The molecule has 0 N–H and O–H groups in total. The van der Waals surface area contributed by atoms with Gasteiger partial charge in [-0.2, -0.15) is 0 Å². The Morgan fingerprint density at radius 2 is 1.86 bits per heavy atom. The Labute approximate surface area is 79.3 Å². The molecule has 0 nitrogen and oxygen atoms in total. The molecule has 0 radical (unpaired) electrons. The van der Waals surface area contributed by atoms with Crippen LogP contribution in [0.25, 0.3) is 0 Å². The van der Waals surface area contributed by atoms with Crippen molar-refractivity contribution in [3.63, 3.8) is 0 Å². The monoisotopic (exact) mass is 140 g/mol. The third-order valence-electron chi connectivity index (χ3n) is 1.000. The first-order valence-electron chi connectivity index (χ1n) is 3.06. The predicted octanol–water partition coefficient (Wildman–Crippen LogP) is 1.77. The zero-order chi connectivity index (χ0) is 5.91. The first-order chi connectivity index (χ1) is 3.06. The normalized spacial score (nSPS) is 12.1. The molecule has 0 aromatic carbocycles. The molecule has 0 saturated heterocycles. The van der Waals surface area contributed by atoms with Crippen molar-refractivity contribution in [2.45, 2.75) is 32.5 Å². The molecule has 0 amide bonds. The standard InChI is InChI=1S/C5H13Si.K/c1-4-5-6(2)3;/h4-5H2,1-3H3;. The Balaban J connectivity index is 3.15. The van der Waals surface area contributed by atoms with Gasteiger partial charge in [-0.3, -0.25) is 0 Å². The zero-order valence-electron chi connectivity index (χ0n) is 5.91. The summed E-state index contributed by atoms with van der Waals surface area (Å²) in [6.07, 6.45) is 1.42. The molecule has 0 aromatic rings. The van der Waals surface area contributed by atoms with Crippen LogP contribution in [0.1, 0.15) is 13.3 Å². The van der Waals surface area contributed by atoms with Crippen molar-refractivity contribution in [1.29, 1.82) is 0 Å². The summed E-state index contributed by atoms with van der Waals surface area (Å²) in [4.78, 5) is 0. The van der Waals surface area contributed by atoms with Gasteiger partial charge in [0, 0.05) is 0 Å². The van der Waals surface area contributed by atoms with Crippen LogP contribution in [-0.4, -0.2) is 48.4 Å². The van der Waals surface area contributed by atoms with Gasteiger partial charge in [-0.15, -0.1) is 0 Å². The van der Waals surface area contributed by atoms with Gasteiger partial charge >= 0.3 is 80.9 Å². The average molecular weight is 140 g/mol. The molecule has 0 aromatic heterocycles. The fourth-order valence-corrected chi connectivity index (χ4v) is 4.59. The van der Waals surface area contributed by atoms with Gasteiger partial charge in [0.15, 0.2) is 0 Å². The van der Waals surface area contributed by atoms with E-state index in [4.69, 9.17) is 0 Å². The van der Waals surface area contributed by atoms with E-state index in [0.717, 1.165) is 47.7 Å². The molecule has 0 aliphatic rings. The quantitative estimate of drug-likeness (QED) is 0.513. The second kappa shape index (κ2) is 3.80. The topological polar surface area (TPSA) is 0 Å². The molecule has 2 heteroatoms. The minimum absolute atomic E-state index is 0.470. The summed E-state index contributed by atoms with van der Waals surface area (Å²) < 4.78 is -0.470. The summed E-state index contributed by atoms with van der Waals surface area (Å²) >= 11 is 1.15. The molecular weight excluding hydrogens is 127 g/mol. The molecule has 0 unspecified atom stereocenters. The number of hydrogen-bond donors (Lipinski definition) is 0. The van der Waals surface area contributed by atoms with Gasteiger partial charge in [-0.05, 0) is 0 Å². The SMILES string of the molecule is CCC[Si](C)(C)[K]. The fourth-order valence-electron chi connectivity index (χ4n) is 0.750. The Kier molecular flexibility index (Phi) is 4.80. The third kappa shape index (κ3) is 7.85. The van der Waals surface area contributed by atoms with Crippen molar-refractivity contribution >= 4 is 48.4 Å². The van der Waals surface area contributed by atoms with E-state index in [-0.39, 0.29) is 0 Å². The zero-order valence-corrected chi connectivity index (χ0v) is 10.0. The average Bonchev–Trinajstić information content (AvgIpc) is 1.30. The van der Waals surface area contributed by atoms with E-state index < -0.39 is 0.755 Å². The molecule has 7 heavy (non-hydrogen) atoms. The fraction of sp³-hybridized carbons (Fsp3) is 1.00. The van der Waals surface area contributed by atoms with Gasteiger partial charge in [0.25, 0.3) is 0 Å². The van der Waals surface area contributed by atoms with E-state index in [9.17, 15) is 0 Å². The van der Waals surface area contributed by atoms with E-state index in [2.05, 4.69) is 20.0 Å². The van der Waals surface area contributed by atoms with Crippen molar-refractivity contribution in [2.75, 3.05) is 0 Å². The molecule has 0 aliphatic carbocycles. The van der Waals surface area contributed by atoms with Gasteiger partial charge in [-0.1, -0.05) is 0 Å². The van der Waals surface area contributed by atoms with Gasteiger partial charge in [-0.25, -0.2) is 0 Å². The molecule has 0 spiro atoms. The van der Waals surface area contributed by atoms with Gasteiger partial charge in [0.05, 0.1) is 0 Å². The second-order valence-corrected chi connectivity index (χ2v) is 21.6. The van der Waals surface area contributed by atoms with Gasteiger partial charge in [0.2, 0.25) is 0 Å². The van der Waals surface area contributed by atoms with Crippen LogP contribution in [0.4, 0.5) is 0 Å². The molecule has 0 bridgehead atoms. The molecular formula is C5H13KSi. The van der Waals surface area contributed by atoms with Crippen LogP contribution in [0.3, 0.4) is 0 Å². The van der Waals surface area contributed by atoms with Crippen LogP contribution in [0, 0.1) is 0 Å². The Morgan fingerprint density at radius 3 is 1.86 bits per heavy atom. The summed E-state index contributed by atoms with van der Waals surface area (Å²) in [5.41, 5.74) is 0. The van der Waals surface area contributed by atoms with Gasteiger partial charge < -0.3 is 0 Å². The summed E-state index contributed by atoms with van der Waals surface area (Å²) in [6.45, 7) is 7.29. The Bertz CT molecular complexity index is 46.5. The summed E-state index contributed by atoms with van der Waals surface area (Å²) in [5, 5.41) is 0. The van der Waals surface area contributed by atoms with Crippen molar-refractivity contribution in [2.24, 2.45) is 0 Å². The van der Waals surface area contributed by atoms with E-state index in [0.29, 0.717) is 0 Å². The van der Waals surface area contributed by atoms with E-state index >= 15 is 0 Å². The van der Waals surface area contributed by atoms with Crippen LogP contribution in [0.5, 0.6) is 0 Å². The number of rotatable bonds is 2. The summed E-state index contributed by atoms with van der Waals surface area (Å²) in [5.74, 6) is 0. The first-order valence-corrected chi connectivity index (χ1v) is 11.5. The van der Waals surface area contributed by atoms with E-state index in [1.54, 1.807) is 6.04 Å². The molecule has 0 aliphatic heterocycles. The maximum atomic E-state index is 2.50. The van der Waals surface area contributed by atoms with Crippen LogP contribution < -0.4 is 0 Å². The van der Waals surface area contributed by atoms with Crippen molar-refractivity contribution < 1.29 is 0 Å². The van der Waals surface area contributed by atoms with Crippen LogP contribution >= 0.6 is 0 Å². The molecule has 0 atom stereocenters. The summed E-state index contributed by atoms with van der Waals surface area (Å²) in [6, 6.07) is 1.56. The maximum absolute atomic E-state index is 2.50. The first kappa shape index (κ1) is 8.85. The van der Waals surface area contributed by atoms with E-state index in [1.807, 2.05) is 0 Å². The minimum atomic E-state index is -0.470. The molecule has 0 saturated carbocycles. The molecule has 0 fully saturated rings. The summed E-state index contributed by atoms with van der Waals surface area (Å²) in [7, 11) is 0. The molecule has 38 valence electrons. The molecule has 0 rings (SSSR count).